The summed E-state index contributed by atoms with van der Waals surface area (Å²) in [7, 11) is 9.95. The maximum atomic E-state index is 15.2. The van der Waals surface area contributed by atoms with E-state index in [2.05, 4.69) is 21.3 Å². The van der Waals surface area contributed by atoms with E-state index in [4.69, 9.17) is 0 Å². The molecule has 1 saturated heterocycles. The van der Waals surface area contributed by atoms with E-state index in [-0.39, 0.29) is 55.8 Å². The van der Waals surface area contributed by atoms with E-state index in [0.717, 1.165) is 9.80 Å². The average Bonchev–Trinajstić information content (AvgIpc) is 2.82. The van der Waals surface area contributed by atoms with Gasteiger partial charge in [0.05, 0.1) is 6.10 Å². The van der Waals surface area contributed by atoms with Crippen LogP contribution in [0, 0.1) is 41.4 Å². The number of nitrogens with one attached hydrogen (secondary N) is 4. The zero-order chi connectivity index (χ0) is 66.8. The lowest BCUT2D eigenvalue weighted by Crippen LogP contribution is -2.64. The van der Waals surface area contributed by atoms with Gasteiger partial charge >= 0.3 is 0 Å². The molecule has 23 heteroatoms. The molecule has 1 aliphatic rings. The number of likely N-dealkylation sites (N-methyl/N-ethyl adjacent to an activating group) is 7. The van der Waals surface area contributed by atoms with Gasteiger partial charge in [-0.25, -0.2) is 0 Å². The molecule has 0 aliphatic carbocycles. The maximum absolute atomic E-state index is 15.2. The van der Waals surface area contributed by atoms with Crippen LogP contribution in [0.25, 0.3) is 0 Å². The Morgan fingerprint density at radius 2 is 0.814 bits per heavy atom. The molecule has 1 heterocycles. The van der Waals surface area contributed by atoms with Crippen LogP contribution in [0.1, 0.15) is 163 Å². The number of carbonyl (C=O) groups excluding carboxylic acids is 11. The smallest absolute Gasteiger partial charge is 0.246 e. The van der Waals surface area contributed by atoms with Gasteiger partial charge in [-0.2, -0.15) is 0 Å². The van der Waals surface area contributed by atoms with Gasteiger partial charge in [0.1, 0.15) is 66.5 Å². The molecular formula is C63H113N11O12. The van der Waals surface area contributed by atoms with E-state index in [0.29, 0.717) is 6.42 Å². The number of aliphatic hydroxyl groups is 1. The fourth-order valence-corrected chi connectivity index (χ4v) is 10.9. The highest BCUT2D eigenvalue weighted by Gasteiger charge is 2.46. The molecule has 11 amide bonds. The van der Waals surface area contributed by atoms with Crippen LogP contribution in [0.3, 0.4) is 0 Å². The zero-order valence-electron chi connectivity index (χ0n) is 56.9. The lowest BCUT2D eigenvalue weighted by atomic mass is 9.91. The highest BCUT2D eigenvalue weighted by Crippen LogP contribution is 2.26. The summed E-state index contributed by atoms with van der Waals surface area (Å²) in [4.78, 5) is 170. The summed E-state index contributed by atoms with van der Waals surface area (Å²) in [5.41, 5.74) is 0. The van der Waals surface area contributed by atoms with E-state index in [1.807, 2.05) is 61.5 Å². The molecule has 1 unspecified atom stereocenters. The van der Waals surface area contributed by atoms with Crippen molar-refractivity contribution in [1.29, 1.82) is 0 Å². The normalized spacial score (nSPS) is 27.6. The summed E-state index contributed by atoms with van der Waals surface area (Å²) in [6.07, 6.45) is 3.02. The molecule has 1 fully saturated rings. The van der Waals surface area contributed by atoms with Gasteiger partial charge in [-0.3, -0.25) is 52.7 Å². The summed E-state index contributed by atoms with van der Waals surface area (Å²) < 4.78 is 0. The molecule has 0 aromatic rings. The minimum Gasteiger partial charge on any atom is -0.390 e. The number of hydrogen-bond donors (Lipinski definition) is 5. The molecule has 1 rings (SSSR count). The Morgan fingerprint density at radius 1 is 0.419 bits per heavy atom. The van der Waals surface area contributed by atoms with Crippen LogP contribution in [-0.4, -0.2) is 226 Å². The van der Waals surface area contributed by atoms with Gasteiger partial charge in [0.25, 0.3) is 0 Å². The monoisotopic (exact) mass is 1220 g/mol. The van der Waals surface area contributed by atoms with Crippen LogP contribution < -0.4 is 21.3 Å². The third-order valence-electron chi connectivity index (χ3n) is 16.6. The first-order valence-corrected chi connectivity index (χ1v) is 31.0. The third-order valence-corrected chi connectivity index (χ3v) is 16.6. The number of aliphatic hydroxyl groups excluding tert-OH is 1. The minimum absolute atomic E-state index is 0.0156. The molecule has 23 nitrogen and oxygen atoms in total. The van der Waals surface area contributed by atoms with Crippen LogP contribution >= 0.6 is 0 Å². The van der Waals surface area contributed by atoms with Crippen LogP contribution in [0.5, 0.6) is 0 Å². The largest absolute Gasteiger partial charge is 0.390 e. The number of allylic oxidation sites excluding steroid dienone is 2. The predicted molar refractivity (Wildman–Crippen MR) is 333 cm³/mol. The summed E-state index contributed by atoms with van der Waals surface area (Å²) in [5, 5.41) is 23.1. The standard InChI is InChI=1S/C63H113N11O12/c1-26-28-29-40(15)52(75)51-56(79)66-44(27-2)59(82)68(19)43(18)58(81)69(20)46(31-35(5)6)55(78)67-49(38(11)12)62(85)70(21)45(30-34(3)4)54(77)64-41(16)53(76)65-42(17)57(80)71(22)47(32-36(7)8)60(83)72(23)48(33-37(9)10)61(84)73(24)50(39(13)14)63(86)74(51)25/h26,28,34-52,75H,27,29-33H2,1-25H3,(H,64,77)(H,65,76)(H,66,79)(H,67,78)/b28-26+/t40-,41+,42-,43-,44+,45+,46+,47+,48+,49+,50+,51?,52-/m1/s1. The SMILES string of the molecule is C/C=C/C[C@@H](C)[C@@H](O)C1C(=O)N[C@@H](CC)C(=O)N(C)[C@H](C)C(=O)N(C)[C@@H](CC(C)C)C(=O)N[C@@H](C(C)C)C(=O)N(C)[C@@H](CC(C)C)C(=O)N[C@@H](C)C(=O)N[C@H](C)C(=O)N(C)[C@@H](CC(C)C)C(=O)N(C)[C@@H](CC(C)C)C(=O)N(C)[C@@H](C(C)C)C(=O)N1C. The Labute approximate surface area is 515 Å². The highest BCUT2D eigenvalue weighted by atomic mass is 16.3. The van der Waals surface area contributed by atoms with Crippen LogP contribution in [-0.2, 0) is 52.7 Å². The Balaban J connectivity index is 4.37. The van der Waals surface area contributed by atoms with Gasteiger partial charge in [-0.05, 0) is 108 Å². The highest BCUT2D eigenvalue weighted by molar-refractivity contribution is 6.00. The zero-order valence-corrected chi connectivity index (χ0v) is 56.9. The summed E-state index contributed by atoms with van der Waals surface area (Å²) >= 11 is 0. The summed E-state index contributed by atoms with van der Waals surface area (Å²) in [5.74, 6) is -9.74. The molecule has 0 aromatic carbocycles. The second kappa shape index (κ2) is 35.0. The maximum Gasteiger partial charge on any atom is 0.246 e. The van der Waals surface area contributed by atoms with Crippen molar-refractivity contribution in [2.24, 2.45) is 41.4 Å². The summed E-state index contributed by atoms with van der Waals surface area (Å²) in [6.45, 7) is 31.4. The number of nitrogens with zero attached hydrogens (tertiary/aromatic N) is 7. The average molecular weight is 1220 g/mol. The van der Waals surface area contributed by atoms with E-state index in [9.17, 15) is 48.3 Å². The molecule has 0 bridgehead atoms. The molecule has 13 atom stereocenters. The Hall–Kier alpha value is -6.13. The number of rotatable bonds is 15. The van der Waals surface area contributed by atoms with Crippen molar-refractivity contribution in [3.63, 3.8) is 0 Å². The molecule has 86 heavy (non-hydrogen) atoms. The second-order valence-electron chi connectivity index (χ2n) is 26.5. The molecule has 492 valence electrons. The van der Waals surface area contributed by atoms with Gasteiger partial charge in [0, 0.05) is 49.3 Å². The number of hydrogen-bond acceptors (Lipinski definition) is 12. The number of amides is 11. The molecular weight excluding hydrogens is 1100 g/mol. The first kappa shape index (κ1) is 77.9. The predicted octanol–water partition coefficient (Wildman–Crippen LogP) is 3.66. The first-order valence-electron chi connectivity index (χ1n) is 31.0. The lowest BCUT2D eigenvalue weighted by molar-refractivity contribution is -0.157. The first-order chi connectivity index (χ1) is 39.6. The minimum atomic E-state index is -1.62. The Kier molecular flexibility index (Phi) is 31.7. The van der Waals surface area contributed by atoms with Crippen molar-refractivity contribution in [3.05, 3.63) is 12.2 Å². The molecule has 0 aromatic heterocycles. The van der Waals surface area contributed by atoms with Gasteiger partial charge in [0.15, 0.2) is 0 Å². The lowest BCUT2D eigenvalue weighted by Gasteiger charge is -2.41. The van der Waals surface area contributed by atoms with E-state index in [1.54, 1.807) is 54.5 Å². The van der Waals surface area contributed by atoms with Crippen molar-refractivity contribution in [1.82, 2.24) is 55.6 Å². The second-order valence-corrected chi connectivity index (χ2v) is 26.5. The summed E-state index contributed by atoms with van der Waals surface area (Å²) in [6, 6.07) is -13.6. The molecule has 0 spiro atoms. The van der Waals surface area contributed by atoms with Gasteiger partial charge in [0.2, 0.25) is 65.0 Å². The van der Waals surface area contributed by atoms with E-state index < -0.39 is 155 Å². The molecule has 1 aliphatic heterocycles. The Morgan fingerprint density at radius 3 is 1.24 bits per heavy atom. The van der Waals surface area contributed by atoms with Crippen molar-refractivity contribution in [3.8, 4) is 0 Å². The topological polar surface area (TPSA) is 279 Å². The van der Waals surface area contributed by atoms with Crippen molar-refractivity contribution < 1.29 is 57.8 Å². The van der Waals surface area contributed by atoms with Crippen LogP contribution in [0.4, 0.5) is 0 Å². The quantitative estimate of drug-likeness (QED) is 0.147. The molecule has 0 radical (unpaired) electrons. The fourth-order valence-electron chi connectivity index (χ4n) is 10.9. The van der Waals surface area contributed by atoms with Crippen LogP contribution in [0.2, 0.25) is 0 Å². The van der Waals surface area contributed by atoms with Gasteiger partial charge in [-0.1, -0.05) is 109 Å². The van der Waals surface area contributed by atoms with Gasteiger partial charge in [-0.15, -0.1) is 0 Å². The van der Waals surface area contributed by atoms with Crippen LogP contribution in [0.15, 0.2) is 12.2 Å². The van der Waals surface area contributed by atoms with E-state index in [1.165, 1.54) is 94.6 Å². The van der Waals surface area contributed by atoms with Crippen molar-refractivity contribution in [2.75, 3.05) is 49.3 Å². The number of carbonyl (C=O) groups is 11. The van der Waals surface area contributed by atoms with E-state index >= 15 is 9.59 Å². The molecule has 5 N–H and O–H groups in total. The Bertz CT molecular complexity index is 2360. The van der Waals surface area contributed by atoms with Crippen molar-refractivity contribution in [2.45, 2.75) is 236 Å². The third kappa shape index (κ3) is 21.0. The van der Waals surface area contributed by atoms with Crippen molar-refractivity contribution >= 4 is 65.0 Å². The fraction of sp³-hybridized carbons (Fsp3) is 0.794. The molecule has 0 saturated carbocycles. The van der Waals surface area contributed by atoms with Gasteiger partial charge < -0.3 is 60.7 Å².